The molecule has 0 spiro atoms. The van der Waals surface area contributed by atoms with E-state index in [9.17, 15) is 9.90 Å². The lowest BCUT2D eigenvalue weighted by molar-refractivity contribution is -0.118. The molecule has 2 N–H and O–H groups in total. The fourth-order valence-corrected chi connectivity index (χ4v) is 2.22. The van der Waals surface area contributed by atoms with E-state index < -0.39 is 6.10 Å². The van der Waals surface area contributed by atoms with E-state index in [2.05, 4.69) is 17.3 Å². The molecular weight excluding hydrogens is 302 g/mol. The van der Waals surface area contributed by atoms with Crippen molar-refractivity contribution in [2.45, 2.75) is 38.8 Å². The average molecular weight is 322 g/mol. The molecule has 0 saturated heterocycles. The second-order valence-electron chi connectivity index (χ2n) is 5.11. The zero-order valence-corrected chi connectivity index (χ0v) is 13.3. The number of unbranched alkanes of at least 4 members (excludes halogenated alkanes) is 1. The quantitative estimate of drug-likeness (QED) is 0.821. The van der Waals surface area contributed by atoms with Gasteiger partial charge in [-0.05, 0) is 24.1 Å². The Morgan fingerprint density at radius 3 is 2.77 bits per heavy atom. The van der Waals surface area contributed by atoms with Gasteiger partial charge in [0.25, 0.3) is 0 Å². The number of anilines is 1. The topological polar surface area (TPSA) is 67.2 Å². The van der Waals surface area contributed by atoms with Crippen LogP contribution in [0.4, 0.5) is 5.82 Å². The number of hydrogen-bond donors (Lipinski definition) is 2. The van der Waals surface area contributed by atoms with Crippen LogP contribution in [0.3, 0.4) is 0 Å². The molecule has 118 valence electrons. The molecule has 0 radical (unpaired) electrons. The molecule has 2 aromatic rings. The highest BCUT2D eigenvalue weighted by atomic mass is 35.5. The van der Waals surface area contributed by atoms with Crippen LogP contribution in [0.15, 0.2) is 36.5 Å². The molecule has 0 aliphatic carbocycles. The Morgan fingerprint density at radius 1 is 1.36 bits per heavy atom. The number of aryl methyl sites for hydroxylation is 1. The van der Waals surface area contributed by atoms with Gasteiger partial charge in [0, 0.05) is 17.6 Å². The Bertz CT molecular complexity index is 610. The molecule has 1 aromatic heterocycles. The third kappa shape index (κ3) is 4.58. The monoisotopic (exact) mass is 321 g/mol. The number of nitrogens with one attached hydrogen (secondary N) is 1. The van der Waals surface area contributed by atoms with Crippen LogP contribution < -0.4 is 5.32 Å². The van der Waals surface area contributed by atoms with Gasteiger partial charge in [-0.25, -0.2) is 4.68 Å². The summed E-state index contributed by atoms with van der Waals surface area (Å²) < 4.78 is 1.76. The van der Waals surface area contributed by atoms with Crippen LogP contribution in [-0.4, -0.2) is 20.8 Å². The normalized spacial score (nSPS) is 12.1. The third-order valence-electron chi connectivity index (χ3n) is 3.34. The van der Waals surface area contributed by atoms with Crippen molar-refractivity contribution < 1.29 is 9.90 Å². The van der Waals surface area contributed by atoms with Gasteiger partial charge in [0.15, 0.2) is 0 Å². The van der Waals surface area contributed by atoms with Gasteiger partial charge in [0.1, 0.15) is 5.82 Å². The number of carbonyl (C=O) groups excluding carboxylic acids is 1. The van der Waals surface area contributed by atoms with Crippen LogP contribution >= 0.6 is 11.6 Å². The van der Waals surface area contributed by atoms with Crippen molar-refractivity contribution in [3.05, 3.63) is 47.1 Å². The Kier molecular flexibility index (Phi) is 5.98. The van der Waals surface area contributed by atoms with Crippen LogP contribution in [-0.2, 0) is 11.3 Å². The van der Waals surface area contributed by atoms with E-state index in [-0.39, 0.29) is 12.3 Å². The summed E-state index contributed by atoms with van der Waals surface area (Å²) in [5.74, 6) is 0.405. The van der Waals surface area contributed by atoms with Crippen LogP contribution in [0.2, 0.25) is 5.02 Å². The summed E-state index contributed by atoms with van der Waals surface area (Å²) in [6.45, 7) is 2.86. The number of carbonyl (C=O) groups is 1. The highest BCUT2D eigenvalue weighted by molar-refractivity contribution is 6.30. The molecule has 0 bridgehead atoms. The van der Waals surface area contributed by atoms with Crippen LogP contribution in [0.5, 0.6) is 0 Å². The predicted octanol–water partition coefficient (Wildman–Crippen LogP) is 3.40. The largest absolute Gasteiger partial charge is 0.388 e. The molecule has 6 heteroatoms. The minimum absolute atomic E-state index is 0.0133. The number of hydrogen-bond acceptors (Lipinski definition) is 3. The Balaban J connectivity index is 1.92. The highest BCUT2D eigenvalue weighted by Crippen LogP contribution is 2.20. The molecule has 1 aromatic carbocycles. The molecule has 1 atom stereocenters. The standard InChI is InChI=1S/C16H20ClN3O2/c1-2-3-10-20-15(8-9-18-20)19-16(22)11-14(21)12-4-6-13(17)7-5-12/h4-9,14,21H,2-3,10-11H2,1H3,(H,19,22). The van der Waals surface area contributed by atoms with Gasteiger partial charge in [-0.1, -0.05) is 37.1 Å². The second-order valence-corrected chi connectivity index (χ2v) is 5.55. The first-order valence-electron chi connectivity index (χ1n) is 7.35. The van der Waals surface area contributed by atoms with Gasteiger partial charge in [-0.15, -0.1) is 0 Å². The first-order valence-corrected chi connectivity index (χ1v) is 7.73. The average Bonchev–Trinajstić information content (AvgIpc) is 2.92. The van der Waals surface area contributed by atoms with Crippen molar-refractivity contribution in [1.82, 2.24) is 9.78 Å². The molecule has 2 rings (SSSR count). The smallest absolute Gasteiger partial charge is 0.228 e. The van der Waals surface area contributed by atoms with Crippen molar-refractivity contribution >= 4 is 23.3 Å². The van der Waals surface area contributed by atoms with Gasteiger partial charge in [0.2, 0.25) is 5.91 Å². The molecular formula is C16H20ClN3O2. The Labute approximate surface area is 134 Å². The second kappa shape index (κ2) is 7.96. The summed E-state index contributed by atoms with van der Waals surface area (Å²) in [6.07, 6.45) is 2.84. The number of nitrogens with zero attached hydrogens (tertiary/aromatic N) is 2. The molecule has 1 amide bonds. The van der Waals surface area contributed by atoms with Gasteiger partial charge in [0.05, 0.1) is 18.7 Å². The lowest BCUT2D eigenvalue weighted by Crippen LogP contribution is -2.18. The maximum Gasteiger partial charge on any atom is 0.228 e. The fourth-order valence-electron chi connectivity index (χ4n) is 2.10. The van der Waals surface area contributed by atoms with Crippen molar-refractivity contribution in [2.75, 3.05) is 5.32 Å². The van der Waals surface area contributed by atoms with Gasteiger partial charge in [-0.3, -0.25) is 4.79 Å². The van der Waals surface area contributed by atoms with Crippen molar-refractivity contribution in [2.24, 2.45) is 0 Å². The van der Waals surface area contributed by atoms with E-state index in [1.807, 2.05) is 0 Å². The van der Waals surface area contributed by atoms with E-state index >= 15 is 0 Å². The van der Waals surface area contributed by atoms with E-state index in [1.54, 1.807) is 41.2 Å². The zero-order chi connectivity index (χ0) is 15.9. The van der Waals surface area contributed by atoms with Crippen LogP contribution in [0.25, 0.3) is 0 Å². The first-order chi connectivity index (χ1) is 10.6. The van der Waals surface area contributed by atoms with Crippen LogP contribution in [0.1, 0.15) is 37.9 Å². The fraction of sp³-hybridized carbons (Fsp3) is 0.375. The molecule has 0 fully saturated rings. The summed E-state index contributed by atoms with van der Waals surface area (Å²) >= 11 is 5.81. The van der Waals surface area contributed by atoms with E-state index in [0.717, 1.165) is 19.4 Å². The van der Waals surface area contributed by atoms with E-state index in [0.29, 0.717) is 16.4 Å². The SMILES string of the molecule is CCCCn1nccc1NC(=O)CC(O)c1ccc(Cl)cc1. The lowest BCUT2D eigenvalue weighted by Gasteiger charge is -2.12. The van der Waals surface area contributed by atoms with Crippen molar-refractivity contribution in [1.29, 1.82) is 0 Å². The Morgan fingerprint density at radius 2 is 2.09 bits per heavy atom. The van der Waals surface area contributed by atoms with E-state index in [4.69, 9.17) is 11.6 Å². The zero-order valence-electron chi connectivity index (χ0n) is 12.5. The van der Waals surface area contributed by atoms with Crippen molar-refractivity contribution in [3.8, 4) is 0 Å². The predicted molar refractivity (Wildman–Crippen MR) is 86.8 cm³/mol. The minimum Gasteiger partial charge on any atom is -0.388 e. The number of rotatable bonds is 7. The molecule has 1 heterocycles. The minimum atomic E-state index is -0.857. The number of aliphatic hydroxyl groups is 1. The lowest BCUT2D eigenvalue weighted by atomic mass is 10.1. The first kappa shape index (κ1) is 16.5. The number of amides is 1. The molecule has 0 aliphatic heterocycles. The number of aromatic nitrogens is 2. The molecule has 0 saturated carbocycles. The molecule has 22 heavy (non-hydrogen) atoms. The van der Waals surface area contributed by atoms with Gasteiger partial charge >= 0.3 is 0 Å². The Hall–Kier alpha value is -1.85. The number of benzene rings is 1. The summed E-state index contributed by atoms with van der Waals surface area (Å²) in [5, 5.41) is 17.7. The summed E-state index contributed by atoms with van der Waals surface area (Å²) in [4.78, 5) is 12.0. The van der Waals surface area contributed by atoms with Gasteiger partial charge in [-0.2, -0.15) is 5.10 Å². The number of aliphatic hydroxyl groups excluding tert-OH is 1. The van der Waals surface area contributed by atoms with Crippen molar-refractivity contribution in [3.63, 3.8) is 0 Å². The summed E-state index contributed by atoms with van der Waals surface area (Å²) in [5.41, 5.74) is 0.666. The molecule has 5 nitrogen and oxygen atoms in total. The number of halogens is 1. The molecule has 1 unspecified atom stereocenters. The third-order valence-corrected chi connectivity index (χ3v) is 3.59. The van der Waals surface area contributed by atoms with Crippen LogP contribution in [0, 0.1) is 0 Å². The maximum atomic E-state index is 12.0. The van der Waals surface area contributed by atoms with E-state index in [1.165, 1.54) is 0 Å². The highest BCUT2D eigenvalue weighted by Gasteiger charge is 2.14. The maximum absolute atomic E-state index is 12.0. The summed E-state index contributed by atoms with van der Waals surface area (Å²) in [7, 11) is 0. The summed E-state index contributed by atoms with van der Waals surface area (Å²) in [6, 6.07) is 8.56. The van der Waals surface area contributed by atoms with Gasteiger partial charge < -0.3 is 10.4 Å². The molecule has 0 aliphatic rings.